The van der Waals surface area contributed by atoms with Crippen LogP contribution < -0.4 is 25.4 Å². The molecule has 1 aromatic heterocycles. The topological polar surface area (TPSA) is 157 Å². The summed E-state index contributed by atoms with van der Waals surface area (Å²) >= 11 is 6.65. The van der Waals surface area contributed by atoms with Gasteiger partial charge in [-0.3, -0.25) is 0 Å². The van der Waals surface area contributed by atoms with Gasteiger partial charge in [-0.2, -0.15) is 4.98 Å². The molecule has 3 aromatic carbocycles. The van der Waals surface area contributed by atoms with Crippen LogP contribution in [-0.2, 0) is 35.1 Å². The highest BCUT2D eigenvalue weighted by atomic mass is 35.5. The Labute approximate surface area is 313 Å². The number of ether oxygens (including phenoxy) is 6. The second-order valence-electron chi connectivity index (χ2n) is 11.9. The minimum Gasteiger partial charge on any atom is -0.493 e. The van der Waals surface area contributed by atoms with Gasteiger partial charge in [0.2, 0.25) is 5.95 Å². The van der Waals surface area contributed by atoms with Gasteiger partial charge in [-0.1, -0.05) is 60.1 Å². The van der Waals surface area contributed by atoms with Crippen LogP contribution in [0, 0.1) is 0 Å². The normalized spacial score (nSPS) is 14.2. The van der Waals surface area contributed by atoms with Crippen LogP contribution in [0.3, 0.4) is 0 Å². The Hall–Kier alpha value is -5.37. The fraction of sp³-hybridized carbons (Fsp3) is 0.333. The van der Waals surface area contributed by atoms with Crippen LogP contribution >= 0.6 is 11.6 Å². The third kappa shape index (κ3) is 9.17. The van der Waals surface area contributed by atoms with E-state index in [-0.39, 0.29) is 36.8 Å². The van der Waals surface area contributed by atoms with E-state index in [1.54, 1.807) is 64.5 Å². The lowest BCUT2D eigenvalue weighted by Crippen LogP contribution is -2.36. The summed E-state index contributed by atoms with van der Waals surface area (Å²) in [5.41, 5.74) is 10.0. The molecular formula is C39H44ClN5O8. The molecule has 1 aliphatic rings. The van der Waals surface area contributed by atoms with Crippen LogP contribution in [0.1, 0.15) is 30.9 Å². The lowest BCUT2D eigenvalue weighted by atomic mass is 9.80. The quantitative estimate of drug-likeness (QED) is 0.102. The summed E-state index contributed by atoms with van der Waals surface area (Å²) in [6.45, 7) is 5.30. The lowest BCUT2D eigenvalue weighted by Gasteiger charge is -2.32. The van der Waals surface area contributed by atoms with Gasteiger partial charge in [-0.15, -0.1) is 0 Å². The first-order valence-corrected chi connectivity index (χ1v) is 17.4. The van der Waals surface area contributed by atoms with Gasteiger partial charge >= 0.3 is 11.9 Å². The number of carbonyl (C=O) groups is 2. The second-order valence-corrected chi connectivity index (χ2v) is 12.3. The SMILES string of the molecule is CCOC(=O)C1=C(COCCN(CCOCc2ccccc2)c2nc(N)c3cc(OC)c(OC)cc3n2)NC(C)=C(C(=O)OC)C1c1ccccc1Cl. The summed E-state index contributed by atoms with van der Waals surface area (Å²) in [7, 11) is 4.39. The average Bonchev–Trinajstić information content (AvgIpc) is 3.16. The molecule has 2 heterocycles. The molecule has 0 fully saturated rings. The Morgan fingerprint density at radius 3 is 2.19 bits per heavy atom. The monoisotopic (exact) mass is 745 g/mol. The van der Waals surface area contributed by atoms with Crippen molar-refractivity contribution < 1.29 is 38.0 Å². The van der Waals surface area contributed by atoms with E-state index in [2.05, 4.69) is 10.3 Å². The Bertz CT molecular complexity index is 1990. The lowest BCUT2D eigenvalue weighted by molar-refractivity contribution is -0.139. The third-order valence-corrected chi connectivity index (χ3v) is 8.98. The molecule has 0 aliphatic carbocycles. The van der Waals surface area contributed by atoms with Crippen LogP contribution in [0.15, 0.2) is 89.3 Å². The van der Waals surface area contributed by atoms with Crippen molar-refractivity contribution in [3.05, 3.63) is 105 Å². The van der Waals surface area contributed by atoms with Crippen LogP contribution in [0.2, 0.25) is 5.02 Å². The zero-order valence-corrected chi connectivity index (χ0v) is 31.2. The first-order valence-electron chi connectivity index (χ1n) is 17.0. The van der Waals surface area contributed by atoms with E-state index < -0.39 is 17.9 Å². The van der Waals surface area contributed by atoms with Crippen molar-refractivity contribution in [2.75, 3.05) is 71.5 Å². The van der Waals surface area contributed by atoms with Crippen molar-refractivity contribution in [3.8, 4) is 11.5 Å². The number of esters is 2. The Morgan fingerprint density at radius 2 is 1.53 bits per heavy atom. The molecule has 0 radical (unpaired) electrons. The summed E-state index contributed by atoms with van der Waals surface area (Å²) in [5.74, 6) is -0.414. The number of aromatic nitrogens is 2. The molecule has 0 spiro atoms. The van der Waals surface area contributed by atoms with E-state index in [4.69, 9.17) is 50.7 Å². The van der Waals surface area contributed by atoms with Gasteiger partial charge in [0.05, 0.1) is 82.6 Å². The third-order valence-electron chi connectivity index (χ3n) is 8.63. The highest BCUT2D eigenvalue weighted by molar-refractivity contribution is 6.31. The summed E-state index contributed by atoms with van der Waals surface area (Å²) in [6, 6.07) is 20.4. The van der Waals surface area contributed by atoms with Gasteiger partial charge in [-0.25, -0.2) is 14.6 Å². The number of allylic oxidation sites excluding steroid dienone is 1. The van der Waals surface area contributed by atoms with Gasteiger partial charge in [0.25, 0.3) is 0 Å². The van der Waals surface area contributed by atoms with E-state index in [0.717, 1.165) is 5.56 Å². The molecule has 4 aromatic rings. The first kappa shape index (κ1) is 38.9. The van der Waals surface area contributed by atoms with Crippen LogP contribution in [-0.4, -0.2) is 82.8 Å². The van der Waals surface area contributed by atoms with Crippen molar-refractivity contribution in [3.63, 3.8) is 0 Å². The molecule has 14 heteroatoms. The molecule has 0 bridgehead atoms. The summed E-state index contributed by atoms with van der Waals surface area (Å²) in [5, 5.41) is 4.21. The molecule has 5 rings (SSSR count). The summed E-state index contributed by atoms with van der Waals surface area (Å²) in [4.78, 5) is 38.1. The molecule has 53 heavy (non-hydrogen) atoms. The molecule has 1 atom stereocenters. The van der Waals surface area contributed by atoms with Gasteiger partial charge < -0.3 is 44.4 Å². The van der Waals surface area contributed by atoms with Gasteiger partial charge in [0, 0.05) is 35.3 Å². The minimum absolute atomic E-state index is 0.0169. The van der Waals surface area contributed by atoms with Crippen molar-refractivity contribution in [2.45, 2.75) is 26.4 Å². The maximum Gasteiger partial charge on any atom is 0.336 e. The van der Waals surface area contributed by atoms with Crippen molar-refractivity contribution in [1.82, 2.24) is 15.3 Å². The predicted molar refractivity (Wildman–Crippen MR) is 202 cm³/mol. The minimum atomic E-state index is -0.863. The van der Waals surface area contributed by atoms with E-state index >= 15 is 0 Å². The molecule has 1 unspecified atom stereocenters. The number of hydrogen-bond donors (Lipinski definition) is 2. The number of methoxy groups -OCH3 is 3. The summed E-state index contributed by atoms with van der Waals surface area (Å²) < 4.78 is 33.8. The number of nitrogen functional groups attached to an aromatic ring is 1. The fourth-order valence-corrected chi connectivity index (χ4v) is 6.31. The highest BCUT2D eigenvalue weighted by Crippen LogP contribution is 2.42. The largest absolute Gasteiger partial charge is 0.493 e. The van der Waals surface area contributed by atoms with Crippen molar-refractivity contribution in [2.24, 2.45) is 0 Å². The number of dihydropyridines is 1. The molecule has 1 aliphatic heterocycles. The Morgan fingerprint density at radius 1 is 0.868 bits per heavy atom. The zero-order valence-electron chi connectivity index (χ0n) is 30.4. The highest BCUT2D eigenvalue weighted by Gasteiger charge is 2.39. The van der Waals surface area contributed by atoms with Gasteiger partial charge in [-0.05, 0) is 37.1 Å². The number of rotatable bonds is 17. The number of fused-ring (bicyclic) bond motifs is 1. The molecule has 13 nitrogen and oxygen atoms in total. The maximum atomic E-state index is 13.6. The number of anilines is 2. The Balaban J connectivity index is 1.41. The fourth-order valence-electron chi connectivity index (χ4n) is 6.07. The van der Waals surface area contributed by atoms with E-state index in [1.165, 1.54) is 7.11 Å². The zero-order chi connectivity index (χ0) is 37.9. The van der Waals surface area contributed by atoms with E-state index in [9.17, 15) is 9.59 Å². The smallest absolute Gasteiger partial charge is 0.336 e. The first-order chi connectivity index (χ1) is 25.7. The summed E-state index contributed by atoms with van der Waals surface area (Å²) in [6.07, 6.45) is 0. The van der Waals surface area contributed by atoms with Gasteiger partial charge in [0.15, 0.2) is 11.5 Å². The van der Waals surface area contributed by atoms with Crippen LogP contribution in [0.5, 0.6) is 11.5 Å². The number of nitrogens with zero attached hydrogens (tertiary/aromatic N) is 3. The van der Waals surface area contributed by atoms with Crippen molar-refractivity contribution >= 4 is 46.2 Å². The molecule has 3 N–H and O–H groups in total. The number of carbonyl (C=O) groups excluding carboxylic acids is 2. The van der Waals surface area contributed by atoms with E-state index in [1.807, 2.05) is 35.2 Å². The Kier molecular flexibility index (Phi) is 13.5. The number of nitrogens with one attached hydrogen (secondary N) is 1. The molecule has 0 saturated carbocycles. The standard InChI is InChI=1S/C39H44ClN5O8/c1-6-53-38(47)35-30(42-24(2)33(37(46)50-5)34(35)26-14-10-11-15-28(26)40)23-52-19-17-45(16-18-51-22-25-12-8-7-9-13-25)39-43-29-21-32(49-4)31(48-3)20-27(29)36(41)44-39/h7-15,20-21,34,42H,6,16-19,22-23H2,1-5H3,(H2,41,43,44). The van der Waals surface area contributed by atoms with Crippen LogP contribution in [0.25, 0.3) is 10.9 Å². The molecule has 280 valence electrons. The molecule has 0 saturated heterocycles. The maximum absolute atomic E-state index is 13.6. The number of benzene rings is 3. The molecule has 0 amide bonds. The van der Waals surface area contributed by atoms with Gasteiger partial charge in [0.1, 0.15) is 5.82 Å². The molecular weight excluding hydrogens is 702 g/mol. The van der Waals surface area contributed by atoms with Crippen LogP contribution in [0.4, 0.5) is 11.8 Å². The average molecular weight is 746 g/mol. The van der Waals surface area contributed by atoms with E-state index in [0.29, 0.717) is 76.6 Å². The second kappa shape index (κ2) is 18.4. The number of hydrogen-bond acceptors (Lipinski definition) is 13. The predicted octanol–water partition coefficient (Wildman–Crippen LogP) is 5.57. The number of nitrogens with two attached hydrogens (primary N) is 1. The van der Waals surface area contributed by atoms with Crippen molar-refractivity contribution in [1.29, 1.82) is 0 Å². The number of halogens is 1.